The van der Waals surface area contributed by atoms with Gasteiger partial charge in [-0.2, -0.15) is 4.99 Å². The van der Waals surface area contributed by atoms with Crippen LogP contribution in [0.3, 0.4) is 0 Å². The number of hydrogen-bond acceptors (Lipinski definition) is 2. The van der Waals surface area contributed by atoms with Gasteiger partial charge in [0.1, 0.15) is 0 Å². The number of carbonyl (C=O) groups excluding carboxylic acids is 1. The van der Waals surface area contributed by atoms with E-state index in [4.69, 9.17) is 0 Å². The maximum atomic E-state index is 9.22. The van der Waals surface area contributed by atoms with Crippen LogP contribution >= 0.6 is 0 Å². The number of rotatable bonds is 1. The highest BCUT2D eigenvalue weighted by atomic mass is 16.1. The lowest BCUT2D eigenvalue weighted by Gasteiger charge is -1.55. The molecule has 2 nitrogen and oxygen atoms in total. The van der Waals surface area contributed by atoms with E-state index in [0.29, 0.717) is 0 Å². The second-order valence-electron chi connectivity index (χ2n) is 0.703. The summed E-state index contributed by atoms with van der Waals surface area (Å²) < 4.78 is 0. The molecule has 0 saturated carbocycles. The highest BCUT2D eigenvalue weighted by Gasteiger charge is 1.48. The number of hydrogen-bond donors (Lipinski definition) is 0. The predicted molar refractivity (Wildman–Crippen MR) is 22.9 cm³/mol. The van der Waals surface area contributed by atoms with Crippen LogP contribution < -0.4 is 0 Å². The summed E-state index contributed by atoms with van der Waals surface area (Å²) in [6.07, 6.45) is 4.40. The van der Waals surface area contributed by atoms with Gasteiger partial charge in [-0.3, -0.25) is 0 Å². The second kappa shape index (κ2) is 4.12. The van der Waals surface area contributed by atoms with Crippen LogP contribution in [0.25, 0.3) is 0 Å². The van der Waals surface area contributed by atoms with Crippen LogP contribution in [0.1, 0.15) is 6.92 Å². The molecule has 6 heavy (non-hydrogen) atoms. The van der Waals surface area contributed by atoms with Crippen molar-refractivity contribution in [3.05, 3.63) is 12.3 Å². The Morgan fingerprint density at radius 2 is 2.50 bits per heavy atom. The number of isocyanates is 1. The zero-order chi connectivity index (χ0) is 4.83. The van der Waals surface area contributed by atoms with Gasteiger partial charge in [-0.25, -0.2) is 4.79 Å². The molecule has 0 heterocycles. The molecule has 0 spiro atoms. The zero-order valence-electron chi connectivity index (χ0n) is 3.51. The molecule has 0 aromatic carbocycles. The molecule has 0 aliphatic carbocycles. The Bertz CT molecular complexity index is 89.7. The van der Waals surface area contributed by atoms with Crippen molar-refractivity contribution in [3.63, 3.8) is 0 Å². The summed E-state index contributed by atoms with van der Waals surface area (Å²) in [7, 11) is 0. The minimum absolute atomic E-state index is 1.36. The molecular formula is C4H5NO. The van der Waals surface area contributed by atoms with E-state index in [1.165, 1.54) is 12.3 Å². The molecule has 0 aliphatic heterocycles. The third kappa shape index (κ3) is 3.12. The van der Waals surface area contributed by atoms with E-state index < -0.39 is 0 Å². The van der Waals surface area contributed by atoms with E-state index in [9.17, 15) is 4.79 Å². The molecule has 0 radical (unpaired) electrons. The third-order valence-electron chi connectivity index (χ3n) is 0.276. The zero-order valence-corrected chi connectivity index (χ0v) is 3.51. The third-order valence-corrected chi connectivity index (χ3v) is 0.276. The number of aliphatic imine (C=N–C) groups is 1. The topological polar surface area (TPSA) is 29.4 Å². The van der Waals surface area contributed by atoms with Gasteiger partial charge in [-0.15, -0.1) is 0 Å². The fourth-order valence-electron chi connectivity index (χ4n) is 0.105. The lowest BCUT2D eigenvalue weighted by molar-refractivity contribution is 0.565. The molecule has 2 heteroatoms. The van der Waals surface area contributed by atoms with Crippen molar-refractivity contribution >= 4 is 6.08 Å². The Labute approximate surface area is 36.2 Å². The average Bonchev–Trinajstić information content (AvgIpc) is 1.61. The van der Waals surface area contributed by atoms with Gasteiger partial charge in [0, 0.05) is 6.20 Å². The highest BCUT2D eigenvalue weighted by Crippen LogP contribution is 1.64. The maximum Gasteiger partial charge on any atom is 0.239 e. The molecule has 0 aromatic rings. The normalized spacial score (nSPS) is 8.17. The Morgan fingerprint density at radius 3 is 2.67 bits per heavy atom. The standard InChI is InChI=1S/C4H5NO/c1-2-3-5-4-6/h2-3H,1H3/b3-2+. The van der Waals surface area contributed by atoms with Crippen LogP contribution in [0.4, 0.5) is 0 Å². The fourth-order valence-corrected chi connectivity index (χ4v) is 0.105. The van der Waals surface area contributed by atoms with E-state index in [-0.39, 0.29) is 0 Å². The van der Waals surface area contributed by atoms with Crippen molar-refractivity contribution < 1.29 is 4.79 Å². The largest absolute Gasteiger partial charge is 0.239 e. The lowest BCUT2D eigenvalue weighted by Crippen LogP contribution is -1.42. The van der Waals surface area contributed by atoms with Crippen LogP contribution in [-0.2, 0) is 4.79 Å². The van der Waals surface area contributed by atoms with E-state index in [1.807, 2.05) is 0 Å². The molecule has 0 bridgehead atoms. The quantitative estimate of drug-likeness (QED) is 0.341. The van der Waals surface area contributed by atoms with Crippen molar-refractivity contribution in [2.24, 2.45) is 4.99 Å². The summed E-state index contributed by atoms with van der Waals surface area (Å²) in [5.41, 5.74) is 0. The minimum atomic E-state index is 1.36. The average molecular weight is 83.1 g/mol. The first-order valence-electron chi connectivity index (χ1n) is 1.60. The van der Waals surface area contributed by atoms with E-state index >= 15 is 0 Å². The van der Waals surface area contributed by atoms with E-state index in [1.54, 1.807) is 13.0 Å². The van der Waals surface area contributed by atoms with Crippen LogP contribution in [0.15, 0.2) is 17.3 Å². The summed E-state index contributed by atoms with van der Waals surface area (Å²) in [5.74, 6) is 0. The van der Waals surface area contributed by atoms with Gasteiger partial charge < -0.3 is 0 Å². The summed E-state index contributed by atoms with van der Waals surface area (Å²) in [6, 6.07) is 0. The second-order valence-corrected chi connectivity index (χ2v) is 0.703. The van der Waals surface area contributed by atoms with Gasteiger partial charge in [0.25, 0.3) is 0 Å². The summed E-state index contributed by atoms with van der Waals surface area (Å²) >= 11 is 0. The maximum absolute atomic E-state index is 9.22. The Kier molecular flexibility index (Phi) is 3.52. The number of nitrogens with zero attached hydrogens (tertiary/aromatic N) is 1. The highest BCUT2D eigenvalue weighted by molar-refractivity contribution is 5.34. The summed E-state index contributed by atoms with van der Waals surface area (Å²) in [6.45, 7) is 1.78. The van der Waals surface area contributed by atoms with Crippen LogP contribution in [0.5, 0.6) is 0 Å². The number of allylic oxidation sites excluding steroid dienone is 1. The molecule has 0 aromatic heterocycles. The van der Waals surface area contributed by atoms with Gasteiger partial charge in [0.2, 0.25) is 6.08 Å². The fraction of sp³-hybridized carbons (Fsp3) is 0.250. The molecular weight excluding hydrogens is 78.0 g/mol. The molecule has 0 saturated heterocycles. The van der Waals surface area contributed by atoms with Crippen molar-refractivity contribution in [1.29, 1.82) is 0 Å². The predicted octanol–water partition coefficient (Wildman–Crippen LogP) is 0.856. The Hall–Kier alpha value is -0.880. The molecule has 0 amide bonds. The summed E-state index contributed by atoms with van der Waals surface area (Å²) in [4.78, 5) is 12.3. The van der Waals surface area contributed by atoms with E-state index in [0.717, 1.165) is 0 Å². The van der Waals surface area contributed by atoms with Crippen LogP contribution in [0, 0.1) is 0 Å². The smallest absolute Gasteiger partial charge is 0.211 e. The molecule has 0 fully saturated rings. The molecule has 0 unspecified atom stereocenters. The van der Waals surface area contributed by atoms with Crippen molar-refractivity contribution in [3.8, 4) is 0 Å². The Morgan fingerprint density at radius 1 is 1.83 bits per heavy atom. The molecule has 0 N–H and O–H groups in total. The monoisotopic (exact) mass is 83.0 g/mol. The van der Waals surface area contributed by atoms with Gasteiger partial charge in [0.15, 0.2) is 0 Å². The van der Waals surface area contributed by atoms with Crippen molar-refractivity contribution in [2.45, 2.75) is 6.92 Å². The molecule has 0 aliphatic rings. The van der Waals surface area contributed by atoms with Gasteiger partial charge in [0.05, 0.1) is 0 Å². The molecule has 0 rings (SSSR count). The van der Waals surface area contributed by atoms with Gasteiger partial charge in [-0.1, -0.05) is 6.08 Å². The first-order valence-corrected chi connectivity index (χ1v) is 1.60. The first kappa shape index (κ1) is 5.12. The lowest BCUT2D eigenvalue weighted by atomic mass is 10.7. The van der Waals surface area contributed by atoms with Crippen molar-refractivity contribution in [1.82, 2.24) is 0 Å². The molecule has 32 valence electrons. The van der Waals surface area contributed by atoms with E-state index in [2.05, 4.69) is 4.99 Å². The molecule has 0 atom stereocenters. The Balaban J connectivity index is 3.33. The first-order chi connectivity index (χ1) is 2.91. The summed E-state index contributed by atoms with van der Waals surface area (Å²) in [5, 5.41) is 0. The van der Waals surface area contributed by atoms with Crippen LogP contribution in [-0.4, -0.2) is 6.08 Å². The van der Waals surface area contributed by atoms with Gasteiger partial charge in [-0.05, 0) is 6.92 Å². The van der Waals surface area contributed by atoms with Gasteiger partial charge >= 0.3 is 0 Å². The van der Waals surface area contributed by atoms with Crippen molar-refractivity contribution in [2.75, 3.05) is 0 Å². The SMILES string of the molecule is C/C=C/N=C=O. The minimum Gasteiger partial charge on any atom is -0.211 e. The van der Waals surface area contributed by atoms with Crippen LogP contribution in [0.2, 0.25) is 0 Å².